The third-order valence-corrected chi connectivity index (χ3v) is 4.01. The van der Waals surface area contributed by atoms with Crippen molar-refractivity contribution in [3.05, 3.63) is 41.8 Å². The monoisotopic (exact) mass is 300 g/mol. The fourth-order valence-corrected chi connectivity index (χ4v) is 2.97. The molecule has 1 atom stereocenters. The SMILES string of the molecule is Cc1noc(CCCC(=O)N2CCC[C@@H]2c2ccncc2)n1. The predicted molar refractivity (Wildman–Crippen MR) is 79.9 cm³/mol. The molecular formula is C16H20N4O2. The van der Waals surface area contributed by atoms with Crippen LogP contribution >= 0.6 is 0 Å². The molecule has 1 amide bonds. The smallest absolute Gasteiger partial charge is 0.226 e. The fraction of sp³-hybridized carbons (Fsp3) is 0.500. The number of carbonyl (C=O) groups excluding carboxylic acids is 1. The van der Waals surface area contributed by atoms with Crippen molar-refractivity contribution in [1.82, 2.24) is 20.0 Å². The van der Waals surface area contributed by atoms with E-state index in [0.717, 1.165) is 25.8 Å². The second kappa shape index (κ2) is 6.68. The summed E-state index contributed by atoms with van der Waals surface area (Å²) >= 11 is 0. The maximum absolute atomic E-state index is 12.5. The molecule has 1 saturated heterocycles. The zero-order chi connectivity index (χ0) is 15.4. The predicted octanol–water partition coefficient (Wildman–Crippen LogP) is 2.46. The van der Waals surface area contributed by atoms with Crippen LogP contribution < -0.4 is 0 Å². The Morgan fingerprint density at radius 2 is 2.23 bits per heavy atom. The Hall–Kier alpha value is -2.24. The normalized spacial score (nSPS) is 17.9. The summed E-state index contributed by atoms with van der Waals surface area (Å²) in [6, 6.07) is 4.19. The number of nitrogens with zero attached hydrogens (tertiary/aromatic N) is 4. The lowest BCUT2D eigenvalue weighted by molar-refractivity contribution is -0.132. The second-order valence-corrected chi connectivity index (χ2v) is 5.61. The number of pyridine rings is 1. The van der Waals surface area contributed by atoms with Crippen molar-refractivity contribution in [3.8, 4) is 0 Å². The van der Waals surface area contributed by atoms with Crippen molar-refractivity contribution in [2.75, 3.05) is 6.54 Å². The maximum Gasteiger partial charge on any atom is 0.226 e. The van der Waals surface area contributed by atoms with Gasteiger partial charge in [-0.15, -0.1) is 0 Å². The van der Waals surface area contributed by atoms with Gasteiger partial charge >= 0.3 is 0 Å². The highest BCUT2D eigenvalue weighted by atomic mass is 16.5. The topological polar surface area (TPSA) is 72.1 Å². The summed E-state index contributed by atoms with van der Waals surface area (Å²) in [7, 11) is 0. The first kappa shape index (κ1) is 14.7. The molecule has 2 aromatic rings. The molecule has 0 unspecified atom stereocenters. The molecule has 116 valence electrons. The number of aryl methyl sites for hydroxylation is 2. The van der Waals surface area contributed by atoms with Crippen LogP contribution in [0.4, 0.5) is 0 Å². The summed E-state index contributed by atoms with van der Waals surface area (Å²) in [4.78, 5) is 22.7. The Kier molecular flexibility index (Phi) is 4.46. The summed E-state index contributed by atoms with van der Waals surface area (Å²) in [6.45, 7) is 2.63. The van der Waals surface area contributed by atoms with Gasteiger partial charge in [0.1, 0.15) is 0 Å². The molecule has 3 rings (SSSR count). The van der Waals surface area contributed by atoms with Crippen molar-refractivity contribution < 1.29 is 9.32 Å². The van der Waals surface area contributed by atoms with Gasteiger partial charge in [0.05, 0.1) is 6.04 Å². The van der Waals surface area contributed by atoms with E-state index in [1.807, 2.05) is 17.0 Å². The Morgan fingerprint density at radius 1 is 1.41 bits per heavy atom. The summed E-state index contributed by atoms with van der Waals surface area (Å²) in [5.74, 6) is 1.45. The second-order valence-electron chi connectivity index (χ2n) is 5.61. The summed E-state index contributed by atoms with van der Waals surface area (Å²) in [5.41, 5.74) is 1.17. The van der Waals surface area contributed by atoms with Crippen LogP contribution in [0.3, 0.4) is 0 Å². The highest BCUT2D eigenvalue weighted by Crippen LogP contribution is 2.32. The number of hydrogen-bond donors (Lipinski definition) is 0. The number of amides is 1. The number of aromatic nitrogens is 3. The van der Waals surface area contributed by atoms with Gasteiger partial charge in [-0.3, -0.25) is 9.78 Å². The average Bonchev–Trinajstić information content (AvgIpc) is 3.17. The first-order valence-corrected chi connectivity index (χ1v) is 7.72. The average molecular weight is 300 g/mol. The van der Waals surface area contributed by atoms with Gasteiger partial charge in [-0.05, 0) is 43.9 Å². The first-order valence-electron chi connectivity index (χ1n) is 7.72. The van der Waals surface area contributed by atoms with E-state index in [9.17, 15) is 4.79 Å². The molecule has 0 spiro atoms. The van der Waals surface area contributed by atoms with E-state index in [1.54, 1.807) is 19.3 Å². The van der Waals surface area contributed by atoms with Crippen LogP contribution in [0.5, 0.6) is 0 Å². The molecule has 0 radical (unpaired) electrons. The quantitative estimate of drug-likeness (QED) is 0.848. The largest absolute Gasteiger partial charge is 0.339 e. The minimum Gasteiger partial charge on any atom is -0.339 e. The summed E-state index contributed by atoms with van der Waals surface area (Å²) < 4.78 is 5.07. The standard InChI is InChI=1S/C16H20N4O2/c1-12-18-15(22-19-12)5-2-6-16(21)20-11-3-4-14(20)13-7-9-17-10-8-13/h7-10,14H,2-6,11H2,1H3/t14-/m1/s1. The zero-order valence-electron chi connectivity index (χ0n) is 12.7. The van der Waals surface area contributed by atoms with Gasteiger partial charge in [0.15, 0.2) is 5.82 Å². The molecule has 0 bridgehead atoms. The molecule has 1 fully saturated rings. The number of rotatable bonds is 5. The minimum absolute atomic E-state index is 0.196. The van der Waals surface area contributed by atoms with Crippen molar-refractivity contribution in [1.29, 1.82) is 0 Å². The highest BCUT2D eigenvalue weighted by Gasteiger charge is 2.29. The van der Waals surface area contributed by atoms with Gasteiger partial charge < -0.3 is 9.42 Å². The van der Waals surface area contributed by atoms with Crippen molar-refractivity contribution in [2.24, 2.45) is 0 Å². The minimum atomic E-state index is 0.196. The van der Waals surface area contributed by atoms with Crippen LogP contribution in [0.25, 0.3) is 0 Å². The molecule has 0 aromatic carbocycles. The van der Waals surface area contributed by atoms with Crippen LogP contribution in [0.1, 0.15) is 49.0 Å². The van der Waals surface area contributed by atoms with Crippen molar-refractivity contribution in [3.63, 3.8) is 0 Å². The van der Waals surface area contributed by atoms with Gasteiger partial charge in [0.25, 0.3) is 0 Å². The molecule has 22 heavy (non-hydrogen) atoms. The molecule has 6 heteroatoms. The third-order valence-electron chi connectivity index (χ3n) is 4.01. The molecule has 6 nitrogen and oxygen atoms in total. The Labute approximate surface area is 129 Å². The van der Waals surface area contributed by atoms with E-state index < -0.39 is 0 Å². The Morgan fingerprint density at radius 3 is 2.95 bits per heavy atom. The molecule has 0 aliphatic carbocycles. The van der Waals surface area contributed by atoms with Crippen LogP contribution in [-0.4, -0.2) is 32.5 Å². The molecule has 0 N–H and O–H groups in total. The molecule has 2 aromatic heterocycles. The number of likely N-dealkylation sites (tertiary alicyclic amines) is 1. The summed E-state index contributed by atoms with van der Waals surface area (Å²) in [6.07, 6.45) is 7.56. The lowest BCUT2D eigenvalue weighted by Crippen LogP contribution is -2.30. The Balaban J connectivity index is 1.55. The van der Waals surface area contributed by atoms with Gasteiger partial charge in [0.2, 0.25) is 11.8 Å². The van der Waals surface area contributed by atoms with Gasteiger partial charge in [-0.2, -0.15) is 4.98 Å². The molecule has 0 saturated carbocycles. The van der Waals surface area contributed by atoms with Gasteiger partial charge in [0, 0.05) is 31.8 Å². The van der Waals surface area contributed by atoms with E-state index in [1.165, 1.54) is 5.56 Å². The van der Waals surface area contributed by atoms with E-state index in [-0.39, 0.29) is 11.9 Å². The number of carbonyl (C=O) groups is 1. The van der Waals surface area contributed by atoms with E-state index in [2.05, 4.69) is 15.1 Å². The van der Waals surface area contributed by atoms with Crippen LogP contribution in [-0.2, 0) is 11.2 Å². The van der Waals surface area contributed by atoms with Crippen molar-refractivity contribution >= 4 is 5.91 Å². The highest BCUT2D eigenvalue weighted by molar-refractivity contribution is 5.77. The zero-order valence-corrected chi connectivity index (χ0v) is 12.7. The molecule has 1 aliphatic rings. The lowest BCUT2D eigenvalue weighted by atomic mass is 10.1. The van der Waals surface area contributed by atoms with Crippen LogP contribution in [0, 0.1) is 6.92 Å². The van der Waals surface area contributed by atoms with Gasteiger partial charge in [-0.1, -0.05) is 5.16 Å². The van der Waals surface area contributed by atoms with E-state index in [4.69, 9.17) is 4.52 Å². The van der Waals surface area contributed by atoms with E-state index in [0.29, 0.717) is 24.6 Å². The number of hydrogen-bond acceptors (Lipinski definition) is 5. The van der Waals surface area contributed by atoms with Crippen molar-refractivity contribution in [2.45, 2.75) is 45.1 Å². The molecule has 1 aliphatic heterocycles. The summed E-state index contributed by atoms with van der Waals surface area (Å²) in [5, 5.41) is 3.76. The Bertz CT molecular complexity index is 626. The molecule has 3 heterocycles. The maximum atomic E-state index is 12.5. The fourth-order valence-electron chi connectivity index (χ4n) is 2.97. The van der Waals surface area contributed by atoms with E-state index >= 15 is 0 Å². The molecular weight excluding hydrogens is 280 g/mol. The third kappa shape index (κ3) is 3.32. The first-order chi connectivity index (χ1) is 10.7. The van der Waals surface area contributed by atoms with Crippen LogP contribution in [0.2, 0.25) is 0 Å². The van der Waals surface area contributed by atoms with Gasteiger partial charge in [-0.25, -0.2) is 0 Å². The van der Waals surface area contributed by atoms with Crippen LogP contribution in [0.15, 0.2) is 29.0 Å². The lowest BCUT2D eigenvalue weighted by Gasteiger charge is -2.25.